The fraction of sp³-hybridized carbons (Fsp3) is 0.176. The number of benzene rings is 2. The first kappa shape index (κ1) is 20.2. The van der Waals surface area contributed by atoms with Crippen LogP contribution in [0.4, 0.5) is 11.4 Å². The van der Waals surface area contributed by atoms with Crippen molar-refractivity contribution in [3.63, 3.8) is 0 Å². The first-order valence-electron chi connectivity index (χ1n) is 6.90. The van der Waals surface area contributed by atoms with Crippen LogP contribution in [0.5, 0.6) is 0 Å². The molecule has 24 heavy (non-hydrogen) atoms. The van der Waals surface area contributed by atoms with E-state index in [-0.39, 0.29) is 11.3 Å². The van der Waals surface area contributed by atoms with E-state index in [1.165, 1.54) is 13.0 Å². The second kappa shape index (κ2) is 8.30. The predicted molar refractivity (Wildman–Crippen MR) is 104 cm³/mol. The van der Waals surface area contributed by atoms with Crippen LogP contribution < -0.4 is 11.5 Å². The topological polar surface area (TPSA) is 106 Å². The molecule has 0 aliphatic carbocycles. The highest BCUT2D eigenvalue weighted by Crippen LogP contribution is 2.23. The third kappa shape index (κ3) is 5.07. The Hall–Kier alpha value is -1.86. The molecule has 0 amide bonds. The fourth-order valence-electron chi connectivity index (χ4n) is 1.90. The van der Waals surface area contributed by atoms with E-state index in [4.69, 9.17) is 16.6 Å². The predicted octanol–water partition coefficient (Wildman–Crippen LogP) is 4.58. The van der Waals surface area contributed by atoms with Crippen molar-refractivity contribution in [3.05, 3.63) is 55.5 Å². The monoisotopic (exact) mass is 456 g/mol. The fourth-order valence-corrected chi connectivity index (χ4v) is 2.58. The Morgan fingerprint density at radius 2 is 1.25 bits per heavy atom. The molecule has 0 bridgehead atoms. The van der Waals surface area contributed by atoms with Gasteiger partial charge in [0.2, 0.25) is 0 Å². The maximum Gasteiger partial charge on any atom is 0.337 e. The minimum atomic E-state index is -1.01. The van der Waals surface area contributed by atoms with Crippen LogP contribution in [-0.2, 0) is 0 Å². The summed E-state index contributed by atoms with van der Waals surface area (Å²) in [7, 11) is 0. The number of ketones is 1. The van der Waals surface area contributed by atoms with E-state index in [1.54, 1.807) is 18.2 Å². The van der Waals surface area contributed by atoms with Gasteiger partial charge in [0.15, 0.2) is 5.78 Å². The summed E-state index contributed by atoms with van der Waals surface area (Å²) >= 11 is 6.57. The number of carboxylic acids is 1. The number of hydrogen-bond acceptors (Lipinski definition) is 4. The Balaban J connectivity index is 0.000000240. The van der Waals surface area contributed by atoms with E-state index < -0.39 is 5.97 Å². The quantitative estimate of drug-likeness (QED) is 0.452. The molecule has 5 N–H and O–H groups in total. The van der Waals surface area contributed by atoms with E-state index in [2.05, 4.69) is 31.9 Å². The number of halogens is 2. The number of nitrogen functional groups attached to an aromatic ring is 2. The second-order valence-corrected chi connectivity index (χ2v) is 6.95. The number of aromatic carboxylic acids is 1. The van der Waals surface area contributed by atoms with Gasteiger partial charge in [-0.2, -0.15) is 0 Å². The van der Waals surface area contributed by atoms with E-state index in [0.29, 0.717) is 16.9 Å². The third-order valence-corrected chi connectivity index (χ3v) is 4.98. The van der Waals surface area contributed by atoms with Crippen molar-refractivity contribution in [3.8, 4) is 0 Å². The molecule has 0 unspecified atom stereocenters. The third-order valence-electron chi connectivity index (χ3n) is 3.27. The van der Waals surface area contributed by atoms with Crippen LogP contribution in [0, 0.1) is 13.8 Å². The molecule has 0 fully saturated rings. The maximum absolute atomic E-state index is 11.0. The standard InChI is InChI=1S/C9H10BrNO.C8H8BrNO2/c1-5-3-9(11)7(6(2)12)4-8(5)10;1-4-2-7(10)5(8(11)12)3-6(4)9/h3-4H,11H2,1-2H3;2-3H,10H2,1H3,(H,11,12). The van der Waals surface area contributed by atoms with Crippen molar-refractivity contribution in [2.45, 2.75) is 20.8 Å². The number of carbonyl (C=O) groups excluding carboxylic acids is 1. The zero-order chi connectivity index (χ0) is 18.6. The first-order valence-corrected chi connectivity index (χ1v) is 8.48. The van der Waals surface area contributed by atoms with Gasteiger partial charge in [-0.05, 0) is 56.2 Å². The highest BCUT2D eigenvalue weighted by molar-refractivity contribution is 9.10. The van der Waals surface area contributed by atoms with Gasteiger partial charge in [0.05, 0.1) is 5.56 Å². The molecule has 2 rings (SSSR count). The molecule has 0 heterocycles. The second-order valence-electron chi connectivity index (χ2n) is 5.24. The van der Waals surface area contributed by atoms with E-state index in [0.717, 1.165) is 20.1 Å². The van der Waals surface area contributed by atoms with E-state index >= 15 is 0 Å². The summed E-state index contributed by atoms with van der Waals surface area (Å²) in [5, 5.41) is 8.68. The van der Waals surface area contributed by atoms with Crippen LogP contribution in [0.25, 0.3) is 0 Å². The van der Waals surface area contributed by atoms with Gasteiger partial charge in [0.1, 0.15) is 0 Å². The summed E-state index contributed by atoms with van der Waals surface area (Å²) in [6.07, 6.45) is 0. The van der Waals surface area contributed by atoms with Crippen molar-refractivity contribution in [2.24, 2.45) is 0 Å². The van der Waals surface area contributed by atoms with Gasteiger partial charge < -0.3 is 16.6 Å². The molecule has 128 valence electrons. The Morgan fingerprint density at radius 1 is 0.875 bits per heavy atom. The lowest BCUT2D eigenvalue weighted by molar-refractivity contribution is 0.0697. The van der Waals surface area contributed by atoms with Gasteiger partial charge in [-0.1, -0.05) is 31.9 Å². The smallest absolute Gasteiger partial charge is 0.337 e. The van der Waals surface area contributed by atoms with Crippen LogP contribution in [0.3, 0.4) is 0 Å². The Labute approximate surface area is 157 Å². The lowest BCUT2D eigenvalue weighted by Crippen LogP contribution is -2.02. The number of hydrogen-bond donors (Lipinski definition) is 3. The van der Waals surface area contributed by atoms with Gasteiger partial charge in [-0.25, -0.2) is 4.79 Å². The number of rotatable bonds is 2. The minimum absolute atomic E-state index is 0.00630. The summed E-state index contributed by atoms with van der Waals surface area (Å²) in [6, 6.07) is 6.69. The maximum atomic E-state index is 11.0. The molecule has 5 nitrogen and oxygen atoms in total. The first-order chi connectivity index (χ1) is 11.0. The summed E-state index contributed by atoms with van der Waals surface area (Å²) < 4.78 is 1.68. The summed E-state index contributed by atoms with van der Waals surface area (Å²) in [4.78, 5) is 21.6. The van der Waals surface area contributed by atoms with Gasteiger partial charge in [-0.3, -0.25) is 4.79 Å². The molecular weight excluding hydrogens is 440 g/mol. The van der Waals surface area contributed by atoms with Crippen LogP contribution in [0.15, 0.2) is 33.2 Å². The summed E-state index contributed by atoms with van der Waals surface area (Å²) in [6.45, 7) is 5.30. The molecule has 7 heteroatoms. The molecule has 0 aliphatic rings. The van der Waals surface area contributed by atoms with Crippen molar-refractivity contribution >= 4 is 55.0 Å². The van der Waals surface area contributed by atoms with Crippen molar-refractivity contribution in [2.75, 3.05) is 11.5 Å². The van der Waals surface area contributed by atoms with E-state index in [9.17, 15) is 9.59 Å². The normalized spacial score (nSPS) is 9.88. The van der Waals surface area contributed by atoms with Crippen LogP contribution in [0.1, 0.15) is 38.8 Å². The Kier molecular flexibility index (Phi) is 6.98. The van der Waals surface area contributed by atoms with Crippen molar-refractivity contribution < 1.29 is 14.7 Å². The van der Waals surface area contributed by atoms with Crippen LogP contribution >= 0.6 is 31.9 Å². The number of anilines is 2. The van der Waals surface area contributed by atoms with E-state index in [1.807, 2.05) is 13.8 Å². The Morgan fingerprint density at radius 3 is 1.62 bits per heavy atom. The minimum Gasteiger partial charge on any atom is -0.478 e. The lowest BCUT2D eigenvalue weighted by Gasteiger charge is -2.04. The number of carboxylic acid groups (broad SMARTS) is 1. The molecule has 0 aliphatic heterocycles. The SMILES string of the molecule is CC(=O)c1cc(Br)c(C)cc1N.Cc1cc(N)c(C(=O)O)cc1Br. The van der Waals surface area contributed by atoms with Gasteiger partial charge in [0.25, 0.3) is 0 Å². The molecule has 0 radical (unpaired) electrons. The van der Waals surface area contributed by atoms with Crippen LogP contribution in [-0.4, -0.2) is 16.9 Å². The summed E-state index contributed by atoms with van der Waals surface area (Å²) in [5.74, 6) is -1.01. The highest BCUT2D eigenvalue weighted by Gasteiger charge is 2.09. The van der Waals surface area contributed by atoms with Gasteiger partial charge in [-0.15, -0.1) is 0 Å². The van der Waals surface area contributed by atoms with Gasteiger partial charge in [0, 0.05) is 25.9 Å². The zero-order valence-electron chi connectivity index (χ0n) is 13.5. The molecule has 0 aromatic heterocycles. The molecular formula is C17H18Br2N2O3. The number of Topliss-reactive ketones (excluding diaryl/α,β-unsaturated/α-hetero) is 1. The number of aryl methyl sites for hydroxylation is 2. The molecule has 0 atom stereocenters. The van der Waals surface area contributed by atoms with Crippen LogP contribution in [0.2, 0.25) is 0 Å². The van der Waals surface area contributed by atoms with Gasteiger partial charge >= 0.3 is 5.97 Å². The number of carbonyl (C=O) groups is 2. The average molecular weight is 458 g/mol. The average Bonchev–Trinajstić information content (AvgIpc) is 2.46. The summed E-state index contributed by atoms with van der Waals surface area (Å²) in [5.41, 5.74) is 14.7. The number of nitrogens with two attached hydrogens (primary N) is 2. The zero-order valence-corrected chi connectivity index (χ0v) is 16.7. The highest BCUT2D eigenvalue weighted by atomic mass is 79.9. The lowest BCUT2D eigenvalue weighted by atomic mass is 10.1. The molecule has 2 aromatic carbocycles. The largest absolute Gasteiger partial charge is 0.478 e. The Bertz CT molecular complexity index is 737. The molecule has 2 aromatic rings. The van der Waals surface area contributed by atoms with Crippen molar-refractivity contribution in [1.29, 1.82) is 0 Å². The molecule has 0 spiro atoms. The molecule has 0 saturated carbocycles. The molecule has 0 saturated heterocycles. The van der Waals surface area contributed by atoms with Crippen molar-refractivity contribution in [1.82, 2.24) is 0 Å².